The first-order valence-corrected chi connectivity index (χ1v) is 8.33. The number of benzene rings is 3. The van der Waals surface area contributed by atoms with Crippen LogP contribution >= 0.6 is 0 Å². The molecule has 0 aliphatic rings. The van der Waals surface area contributed by atoms with Crippen molar-refractivity contribution in [3.05, 3.63) is 103 Å². The molecule has 0 saturated heterocycles. The van der Waals surface area contributed by atoms with E-state index in [1.54, 1.807) is 12.2 Å². The third-order valence-corrected chi connectivity index (χ3v) is 4.06. The number of fused-ring (bicyclic) bond motifs is 2. The minimum absolute atomic E-state index is 0.560. The minimum atomic E-state index is -0.565. The van der Waals surface area contributed by atoms with Crippen LogP contribution in [-0.4, -0.2) is 11.6 Å². The number of hydrogen-bond donors (Lipinski definition) is 0. The van der Waals surface area contributed by atoms with Gasteiger partial charge in [0.05, 0.1) is 0 Å². The Bertz CT molecular complexity index is 1030. The van der Waals surface area contributed by atoms with Crippen LogP contribution in [0, 0.1) is 0 Å². The van der Waals surface area contributed by atoms with Crippen molar-refractivity contribution in [3.63, 3.8) is 0 Å². The van der Waals surface area contributed by atoms with Gasteiger partial charge in [-0.15, -0.1) is 0 Å². The van der Waals surface area contributed by atoms with Crippen LogP contribution in [0.2, 0.25) is 0 Å². The van der Waals surface area contributed by atoms with Crippen LogP contribution in [0.5, 0.6) is 0 Å². The van der Waals surface area contributed by atoms with Gasteiger partial charge in [0.2, 0.25) is 11.6 Å². The Labute approximate surface area is 152 Å². The van der Waals surface area contributed by atoms with Crippen LogP contribution in [0.25, 0.3) is 27.6 Å². The second-order valence-electron chi connectivity index (χ2n) is 5.77. The number of carbonyl (C=O) groups excluding carboxylic acids is 2. The molecule has 26 heavy (non-hydrogen) atoms. The van der Waals surface area contributed by atoms with E-state index in [1.165, 1.54) is 24.3 Å². The van der Waals surface area contributed by atoms with E-state index in [0.717, 1.165) is 27.1 Å². The summed E-state index contributed by atoms with van der Waals surface area (Å²) in [5.74, 6) is -1.12. The van der Waals surface area contributed by atoms with E-state index < -0.39 is 11.6 Å². The zero-order valence-electron chi connectivity index (χ0n) is 14.3. The maximum atomic E-state index is 11.7. The highest BCUT2D eigenvalue weighted by Gasteiger charge is 2.05. The normalized spacial score (nSPS) is 11.8. The summed E-state index contributed by atoms with van der Waals surface area (Å²) in [7, 11) is 0. The van der Waals surface area contributed by atoms with Crippen molar-refractivity contribution in [2.24, 2.45) is 0 Å². The highest BCUT2D eigenvalue weighted by Crippen LogP contribution is 2.29. The first-order chi connectivity index (χ1) is 12.7. The average molecular weight is 338 g/mol. The summed E-state index contributed by atoms with van der Waals surface area (Å²) in [6, 6.07) is 18.6. The summed E-state index contributed by atoms with van der Waals surface area (Å²) in [4.78, 5) is 23.3. The van der Waals surface area contributed by atoms with Crippen LogP contribution in [-0.2, 0) is 9.59 Å². The van der Waals surface area contributed by atoms with Gasteiger partial charge in [0, 0.05) is 0 Å². The zero-order valence-corrected chi connectivity index (χ0v) is 14.3. The second-order valence-corrected chi connectivity index (χ2v) is 5.77. The molecule has 0 aliphatic carbocycles. The van der Waals surface area contributed by atoms with Gasteiger partial charge in [-0.25, -0.2) is 0 Å². The second kappa shape index (κ2) is 8.04. The summed E-state index contributed by atoms with van der Waals surface area (Å²) < 4.78 is 0. The van der Waals surface area contributed by atoms with E-state index in [4.69, 9.17) is 0 Å². The van der Waals surface area contributed by atoms with Gasteiger partial charge < -0.3 is 0 Å². The Morgan fingerprint density at radius 2 is 1.27 bits per heavy atom. The molecule has 0 amide bonds. The van der Waals surface area contributed by atoms with Crippen molar-refractivity contribution >= 4 is 39.2 Å². The fourth-order valence-corrected chi connectivity index (χ4v) is 2.84. The Balaban J connectivity index is 1.94. The first kappa shape index (κ1) is 17.3. The predicted octanol–water partition coefficient (Wildman–Crippen LogP) is 5.44. The SMILES string of the molecule is C=CC=CC(=O)C(=O)C=CC=Cc1c2ccccc2cc2ccccc12. The van der Waals surface area contributed by atoms with Crippen LogP contribution in [0.3, 0.4) is 0 Å². The van der Waals surface area contributed by atoms with Crippen LogP contribution in [0.1, 0.15) is 5.56 Å². The molecule has 0 saturated carbocycles. The topological polar surface area (TPSA) is 34.1 Å². The van der Waals surface area contributed by atoms with E-state index >= 15 is 0 Å². The minimum Gasteiger partial charge on any atom is -0.286 e. The van der Waals surface area contributed by atoms with Crippen molar-refractivity contribution in [2.45, 2.75) is 0 Å². The number of allylic oxidation sites excluding steroid dienone is 6. The summed E-state index contributed by atoms with van der Waals surface area (Å²) in [5.41, 5.74) is 1.09. The van der Waals surface area contributed by atoms with Crippen molar-refractivity contribution < 1.29 is 9.59 Å². The maximum absolute atomic E-state index is 11.7. The first-order valence-electron chi connectivity index (χ1n) is 8.33. The van der Waals surface area contributed by atoms with E-state index in [1.807, 2.05) is 30.3 Å². The lowest BCUT2D eigenvalue weighted by molar-refractivity contribution is -0.130. The van der Waals surface area contributed by atoms with Crippen molar-refractivity contribution in [2.75, 3.05) is 0 Å². The van der Waals surface area contributed by atoms with Crippen LogP contribution in [0.4, 0.5) is 0 Å². The summed E-state index contributed by atoms with van der Waals surface area (Å²) in [6.45, 7) is 3.47. The molecule has 2 heteroatoms. The summed E-state index contributed by atoms with van der Waals surface area (Å²) >= 11 is 0. The molecule has 3 aromatic carbocycles. The number of ketones is 2. The Kier molecular flexibility index (Phi) is 5.35. The molecule has 0 atom stereocenters. The monoisotopic (exact) mass is 338 g/mol. The van der Waals surface area contributed by atoms with Gasteiger partial charge in [-0.2, -0.15) is 0 Å². The Morgan fingerprint density at radius 1 is 0.731 bits per heavy atom. The van der Waals surface area contributed by atoms with Gasteiger partial charge in [0.1, 0.15) is 0 Å². The number of carbonyl (C=O) groups is 2. The van der Waals surface area contributed by atoms with Gasteiger partial charge >= 0.3 is 0 Å². The molecule has 3 aromatic rings. The standard InChI is InChI=1S/C24H18O2/c1-2-3-15-23(25)24(26)16-9-8-14-22-20-12-6-4-10-18(20)17-19-11-5-7-13-21(19)22/h2-17H,1H2. The molecule has 0 spiro atoms. The molecule has 0 unspecified atom stereocenters. The third-order valence-electron chi connectivity index (χ3n) is 4.06. The molecule has 2 nitrogen and oxygen atoms in total. The lowest BCUT2D eigenvalue weighted by Crippen LogP contribution is -2.06. The zero-order chi connectivity index (χ0) is 18.4. The molecule has 0 aliphatic heterocycles. The predicted molar refractivity (Wildman–Crippen MR) is 109 cm³/mol. The van der Waals surface area contributed by atoms with Crippen molar-refractivity contribution in [1.29, 1.82) is 0 Å². The highest BCUT2D eigenvalue weighted by molar-refractivity contribution is 6.45. The molecular formula is C24H18O2. The lowest BCUT2D eigenvalue weighted by Gasteiger charge is -2.08. The summed E-state index contributed by atoms with van der Waals surface area (Å²) in [5, 5.41) is 4.62. The average Bonchev–Trinajstić information content (AvgIpc) is 2.68. The molecule has 3 rings (SSSR count). The smallest absolute Gasteiger partial charge is 0.225 e. The van der Waals surface area contributed by atoms with Gasteiger partial charge in [-0.1, -0.05) is 85.5 Å². The molecule has 126 valence electrons. The van der Waals surface area contributed by atoms with E-state index in [9.17, 15) is 9.59 Å². The largest absolute Gasteiger partial charge is 0.286 e. The molecular weight excluding hydrogens is 320 g/mol. The maximum Gasteiger partial charge on any atom is 0.225 e. The van der Waals surface area contributed by atoms with E-state index in [2.05, 4.69) is 36.9 Å². The lowest BCUT2D eigenvalue weighted by atomic mass is 9.96. The van der Waals surface area contributed by atoms with Crippen LogP contribution < -0.4 is 0 Å². The number of hydrogen-bond acceptors (Lipinski definition) is 2. The van der Waals surface area contributed by atoms with Gasteiger partial charge in [-0.05, 0) is 45.3 Å². The third kappa shape index (κ3) is 3.76. The molecule has 0 radical (unpaired) electrons. The number of rotatable bonds is 6. The van der Waals surface area contributed by atoms with Crippen molar-refractivity contribution in [3.8, 4) is 0 Å². The molecule has 0 N–H and O–H groups in total. The molecule has 0 fully saturated rings. The Morgan fingerprint density at radius 3 is 1.85 bits per heavy atom. The Hall–Kier alpha value is -3.52. The highest BCUT2D eigenvalue weighted by atomic mass is 16.2. The van der Waals surface area contributed by atoms with Gasteiger partial charge in [-0.3, -0.25) is 9.59 Å². The van der Waals surface area contributed by atoms with E-state index in [0.29, 0.717) is 0 Å². The van der Waals surface area contributed by atoms with E-state index in [-0.39, 0.29) is 0 Å². The van der Waals surface area contributed by atoms with Crippen LogP contribution in [0.15, 0.2) is 97.6 Å². The van der Waals surface area contributed by atoms with Gasteiger partial charge in [0.15, 0.2) is 0 Å². The molecule has 0 aromatic heterocycles. The quantitative estimate of drug-likeness (QED) is 0.259. The fraction of sp³-hybridized carbons (Fsp3) is 0. The molecule has 0 bridgehead atoms. The van der Waals surface area contributed by atoms with Gasteiger partial charge in [0.25, 0.3) is 0 Å². The fourth-order valence-electron chi connectivity index (χ4n) is 2.84. The summed E-state index contributed by atoms with van der Waals surface area (Å²) in [6.07, 6.45) is 10.8. The van der Waals surface area contributed by atoms with Crippen molar-refractivity contribution in [1.82, 2.24) is 0 Å². The molecule has 0 heterocycles.